The van der Waals surface area contributed by atoms with Crippen LogP contribution in [0.2, 0.25) is 0 Å². The quantitative estimate of drug-likeness (QED) is 0.601. The van der Waals surface area contributed by atoms with Crippen LogP contribution in [0, 0.1) is 0 Å². The Morgan fingerprint density at radius 2 is 1.71 bits per heavy atom. The van der Waals surface area contributed by atoms with E-state index in [4.69, 9.17) is 0 Å². The molecule has 1 aliphatic heterocycles. The third-order valence-corrected chi connectivity index (χ3v) is 8.86. The minimum atomic E-state index is -4.14. The Morgan fingerprint density at radius 3 is 2.34 bits per heavy atom. The van der Waals surface area contributed by atoms with Crippen molar-refractivity contribution in [3.63, 3.8) is 0 Å². The molecule has 2 aromatic rings. The molecule has 1 saturated heterocycles. The molecule has 3 aliphatic rings. The molecular weight excluding hydrogens is 475 g/mol. The van der Waals surface area contributed by atoms with E-state index >= 15 is 0 Å². The SMILES string of the molecule is CN1CCCC(N(c2cnn(C)c2)S(=O)(=O)NC(=O)Nc2c3c(cc4c2CCC4)CCC3)CC1.[NaH]. The van der Waals surface area contributed by atoms with Gasteiger partial charge in [-0.05, 0) is 100 Å². The Morgan fingerprint density at radius 1 is 1.03 bits per heavy atom. The van der Waals surface area contributed by atoms with Gasteiger partial charge in [-0.15, -0.1) is 0 Å². The number of amides is 2. The zero-order valence-corrected chi connectivity index (χ0v) is 20.8. The number of carbonyl (C=O) groups is 1. The van der Waals surface area contributed by atoms with E-state index in [1.807, 2.05) is 7.05 Å². The summed E-state index contributed by atoms with van der Waals surface area (Å²) in [7, 11) is -0.338. The number of benzene rings is 1. The third kappa shape index (κ3) is 5.56. The summed E-state index contributed by atoms with van der Waals surface area (Å²) in [6, 6.07) is 1.34. The van der Waals surface area contributed by atoms with Crippen molar-refractivity contribution in [3.05, 3.63) is 40.7 Å². The second kappa shape index (κ2) is 10.8. The van der Waals surface area contributed by atoms with Gasteiger partial charge in [0.25, 0.3) is 0 Å². The molecule has 9 nitrogen and oxygen atoms in total. The number of nitrogens with one attached hydrogen (secondary N) is 2. The molecule has 1 aromatic carbocycles. The second-order valence-electron chi connectivity index (χ2n) is 9.85. The molecule has 0 bridgehead atoms. The number of anilines is 2. The Hall–Kier alpha value is -1.59. The third-order valence-electron chi connectivity index (χ3n) is 7.39. The zero-order valence-electron chi connectivity index (χ0n) is 20.0. The van der Waals surface area contributed by atoms with E-state index in [2.05, 4.69) is 26.1 Å². The fraction of sp³-hybridized carbons (Fsp3) is 0.583. The molecule has 1 fully saturated rings. The first-order valence-corrected chi connectivity index (χ1v) is 13.7. The van der Waals surface area contributed by atoms with E-state index in [-0.39, 0.29) is 35.6 Å². The van der Waals surface area contributed by atoms with Crippen LogP contribution in [0.15, 0.2) is 18.5 Å². The second-order valence-corrected chi connectivity index (χ2v) is 11.4. The molecule has 0 spiro atoms. The first kappa shape index (κ1) is 26.5. The average molecular weight is 511 g/mol. The number of aromatic nitrogens is 2. The molecule has 2 amide bonds. The maximum atomic E-state index is 13.6. The molecule has 2 heterocycles. The van der Waals surface area contributed by atoms with Gasteiger partial charge in [-0.3, -0.25) is 4.68 Å². The number of nitrogens with zero attached hydrogens (tertiary/aromatic N) is 4. The van der Waals surface area contributed by atoms with Crippen molar-refractivity contribution >= 4 is 57.2 Å². The average Bonchev–Trinajstić information content (AvgIpc) is 3.49. The number of likely N-dealkylation sites (tertiary alicyclic amines) is 1. The normalized spacial score (nSPS) is 19.9. The summed E-state index contributed by atoms with van der Waals surface area (Å²) in [5.41, 5.74) is 6.23. The van der Waals surface area contributed by atoms with Crippen LogP contribution < -0.4 is 14.3 Å². The van der Waals surface area contributed by atoms with Crippen LogP contribution in [-0.4, -0.2) is 84.9 Å². The van der Waals surface area contributed by atoms with Crippen molar-refractivity contribution < 1.29 is 13.2 Å². The van der Waals surface area contributed by atoms with Crippen molar-refractivity contribution in [2.24, 2.45) is 7.05 Å². The van der Waals surface area contributed by atoms with Gasteiger partial charge >= 0.3 is 45.8 Å². The number of hydrogen-bond donors (Lipinski definition) is 2. The summed E-state index contributed by atoms with van der Waals surface area (Å²) in [6.45, 7) is 1.72. The van der Waals surface area contributed by atoms with Crippen LogP contribution in [0.3, 0.4) is 0 Å². The van der Waals surface area contributed by atoms with E-state index in [0.717, 1.165) is 70.1 Å². The minimum absolute atomic E-state index is 0. The fourth-order valence-corrected chi connectivity index (χ4v) is 7.16. The summed E-state index contributed by atoms with van der Waals surface area (Å²) in [5, 5.41) is 7.13. The first-order chi connectivity index (χ1) is 16.3. The van der Waals surface area contributed by atoms with E-state index in [1.165, 1.54) is 26.6 Å². The Labute approximate surface area is 230 Å². The molecule has 186 valence electrons. The predicted molar refractivity (Wildman–Crippen MR) is 140 cm³/mol. The van der Waals surface area contributed by atoms with Crippen molar-refractivity contribution in [2.75, 3.05) is 29.8 Å². The molecule has 35 heavy (non-hydrogen) atoms. The van der Waals surface area contributed by atoms with Crippen molar-refractivity contribution in [3.8, 4) is 0 Å². The van der Waals surface area contributed by atoms with Crippen molar-refractivity contribution in [1.29, 1.82) is 0 Å². The molecule has 0 saturated carbocycles. The number of hydrogen-bond acceptors (Lipinski definition) is 5. The van der Waals surface area contributed by atoms with Gasteiger partial charge in [0.05, 0.1) is 11.9 Å². The number of urea groups is 1. The predicted octanol–water partition coefficient (Wildman–Crippen LogP) is 2.11. The molecule has 5 rings (SSSR count). The van der Waals surface area contributed by atoms with E-state index in [9.17, 15) is 13.2 Å². The fourth-order valence-electron chi connectivity index (χ4n) is 5.80. The van der Waals surface area contributed by atoms with Gasteiger partial charge in [-0.25, -0.2) is 13.8 Å². The van der Waals surface area contributed by atoms with Crippen LogP contribution >= 0.6 is 0 Å². The maximum absolute atomic E-state index is 13.6. The van der Waals surface area contributed by atoms with Gasteiger partial charge in [0.15, 0.2) is 0 Å². The van der Waals surface area contributed by atoms with Gasteiger partial charge in [-0.1, -0.05) is 6.07 Å². The first-order valence-electron chi connectivity index (χ1n) is 12.3. The standard InChI is InChI=1S/C24H34N6O3S.Na.H/c1-28-12-5-8-19(11-13-28)30(20-15-25-29(2)16-20)34(32,33)27-24(31)26-23-21-9-3-6-17(21)14-18-7-4-10-22(18)23;;/h14-16,19H,3-13H2,1-2H3,(H2,26,27,31);;. The van der Waals surface area contributed by atoms with Gasteiger partial charge in [0.1, 0.15) is 0 Å². The van der Waals surface area contributed by atoms with Crippen LogP contribution in [0.25, 0.3) is 0 Å². The van der Waals surface area contributed by atoms with Crippen LogP contribution in [0.5, 0.6) is 0 Å². The molecular formula is C24H35N6NaO3S. The Kier molecular flexibility index (Phi) is 8.17. The van der Waals surface area contributed by atoms with Crippen LogP contribution in [-0.2, 0) is 42.9 Å². The van der Waals surface area contributed by atoms with Crippen molar-refractivity contribution in [2.45, 2.75) is 63.8 Å². The van der Waals surface area contributed by atoms with E-state index < -0.39 is 16.2 Å². The molecule has 1 atom stereocenters. The molecule has 2 N–H and O–H groups in total. The topological polar surface area (TPSA) is 99.6 Å². The molecule has 1 unspecified atom stereocenters. The number of aryl methyl sites for hydroxylation is 3. The number of fused-ring (bicyclic) bond motifs is 2. The van der Waals surface area contributed by atoms with E-state index in [1.54, 1.807) is 24.1 Å². The summed E-state index contributed by atoms with van der Waals surface area (Å²) >= 11 is 0. The van der Waals surface area contributed by atoms with Crippen LogP contribution in [0.1, 0.15) is 54.4 Å². The van der Waals surface area contributed by atoms with Gasteiger partial charge in [0, 0.05) is 25.0 Å². The van der Waals surface area contributed by atoms with Gasteiger partial charge in [0.2, 0.25) is 0 Å². The Balaban J connectivity index is 0.00000289. The van der Waals surface area contributed by atoms with Gasteiger partial charge in [-0.2, -0.15) is 13.5 Å². The number of rotatable bonds is 5. The molecule has 0 radical (unpaired) electrons. The zero-order chi connectivity index (χ0) is 23.9. The number of carbonyl (C=O) groups excluding carboxylic acids is 1. The summed E-state index contributed by atoms with van der Waals surface area (Å²) < 4.78 is 32.5. The monoisotopic (exact) mass is 510 g/mol. The van der Waals surface area contributed by atoms with Crippen LogP contribution in [0.4, 0.5) is 16.2 Å². The summed E-state index contributed by atoms with van der Waals surface area (Å²) in [6.07, 6.45) is 11.5. The van der Waals surface area contributed by atoms with Crippen molar-refractivity contribution in [1.82, 2.24) is 19.4 Å². The van der Waals surface area contributed by atoms with E-state index in [0.29, 0.717) is 12.1 Å². The molecule has 1 aromatic heterocycles. The Bertz CT molecular complexity index is 1170. The summed E-state index contributed by atoms with van der Waals surface area (Å²) in [5.74, 6) is 0. The summed E-state index contributed by atoms with van der Waals surface area (Å²) in [4.78, 5) is 15.3. The molecule has 2 aliphatic carbocycles. The van der Waals surface area contributed by atoms with Gasteiger partial charge < -0.3 is 10.2 Å². The molecule has 11 heteroatoms.